The van der Waals surface area contributed by atoms with Crippen LogP contribution in [-0.2, 0) is 20.2 Å². The summed E-state index contributed by atoms with van der Waals surface area (Å²) in [6.45, 7) is 9.95. The molecule has 4 unspecified atom stereocenters. The summed E-state index contributed by atoms with van der Waals surface area (Å²) >= 11 is 0. The first-order valence-electron chi connectivity index (χ1n) is 11.3. The van der Waals surface area contributed by atoms with Gasteiger partial charge < -0.3 is 10.2 Å². The number of likely N-dealkylation sites (tertiary alicyclic amines) is 1. The minimum absolute atomic E-state index is 0.209. The number of nitrogens with zero attached hydrogens (tertiary/aromatic N) is 1. The summed E-state index contributed by atoms with van der Waals surface area (Å²) in [5, 5.41) is 3.43. The van der Waals surface area contributed by atoms with Crippen LogP contribution in [0.3, 0.4) is 0 Å². The minimum atomic E-state index is -3.89. The third-order valence-electron chi connectivity index (χ3n) is 6.31. The van der Waals surface area contributed by atoms with Crippen molar-refractivity contribution in [1.29, 1.82) is 0 Å². The molecule has 2 N–H and O–H groups in total. The predicted molar refractivity (Wildman–Crippen MR) is 128 cm³/mol. The maximum Gasteiger partial charge on any atom is 0.472 e. The fourth-order valence-corrected chi connectivity index (χ4v) is 5.50. The molecular formula is C25H37N2O4P. The topological polar surface area (TPSA) is 71.0 Å². The van der Waals surface area contributed by atoms with Crippen molar-refractivity contribution in [3.8, 4) is 0 Å². The van der Waals surface area contributed by atoms with E-state index in [1.165, 1.54) is 25.1 Å². The molecule has 2 aromatic carbocycles. The van der Waals surface area contributed by atoms with Crippen molar-refractivity contribution in [1.82, 2.24) is 10.2 Å². The number of piperidine rings is 1. The number of phosphoric acid groups is 1. The number of phosphoric ester groups is 1. The van der Waals surface area contributed by atoms with Gasteiger partial charge in [-0.15, -0.1) is 0 Å². The van der Waals surface area contributed by atoms with Crippen molar-refractivity contribution in [2.45, 2.75) is 45.9 Å². The lowest BCUT2D eigenvalue weighted by molar-refractivity contribution is -0.0472. The zero-order valence-corrected chi connectivity index (χ0v) is 20.5. The molecule has 2 fully saturated rings. The Hall–Kier alpha value is -1.53. The number of benzene rings is 2. The summed E-state index contributed by atoms with van der Waals surface area (Å²) in [6, 6.07) is 20.8. The van der Waals surface area contributed by atoms with Crippen molar-refractivity contribution in [3.63, 3.8) is 0 Å². The van der Waals surface area contributed by atoms with Gasteiger partial charge in [0.25, 0.3) is 0 Å². The van der Waals surface area contributed by atoms with Crippen LogP contribution in [0.4, 0.5) is 0 Å². The Morgan fingerprint density at radius 1 is 1.12 bits per heavy atom. The van der Waals surface area contributed by atoms with Gasteiger partial charge in [-0.05, 0) is 37.1 Å². The Labute approximate surface area is 192 Å². The van der Waals surface area contributed by atoms with Crippen LogP contribution >= 0.6 is 7.82 Å². The van der Waals surface area contributed by atoms with Gasteiger partial charge in [-0.3, -0.25) is 13.9 Å². The van der Waals surface area contributed by atoms with E-state index in [0.717, 1.165) is 18.0 Å². The number of likely N-dealkylation sites (N-methyl/N-ethyl adjacent to an activating group) is 1. The summed E-state index contributed by atoms with van der Waals surface area (Å²) in [5.74, 6) is 0.803. The van der Waals surface area contributed by atoms with E-state index < -0.39 is 13.9 Å². The molecule has 6 nitrogen and oxygen atoms in total. The first-order chi connectivity index (χ1) is 15.2. The van der Waals surface area contributed by atoms with E-state index in [-0.39, 0.29) is 12.0 Å². The van der Waals surface area contributed by atoms with Gasteiger partial charge in [0, 0.05) is 24.5 Å². The number of nitrogens with one attached hydrogen (secondary N) is 1. The first-order valence-corrected chi connectivity index (χ1v) is 12.8. The van der Waals surface area contributed by atoms with Gasteiger partial charge in [0.15, 0.2) is 0 Å². The first kappa shape index (κ1) is 25.1. The van der Waals surface area contributed by atoms with Gasteiger partial charge in [-0.2, -0.15) is 0 Å². The van der Waals surface area contributed by atoms with E-state index >= 15 is 0 Å². The van der Waals surface area contributed by atoms with Crippen molar-refractivity contribution < 1.29 is 18.5 Å². The maximum absolute atomic E-state index is 11.4. The molecule has 0 aliphatic carbocycles. The van der Waals surface area contributed by atoms with Gasteiger partial charge in [0.1, 0.15) is 6.10 Å². The lowest BCUT2D eigenvalue weighted by atomic mass is 9.83. The van der Waals surface area contributed by atoms with E-state index in [4.69, 9.17) is 9.05 Å². The molecule has 2 aliphatic rings. The van der Waals surface area contributed by atoms with Crippen molar-refractivity contribution in [2.24, 2.45) is 11.3 Å². The normalized spacial score (nSPS) is 30.2. The summed E-state index contributed by atoms with van der Waals surface area (Å²) in [5.41, 5.74) is 2.00. The third-order valence-corrected chi connectivity index (χ3v) is 7.25. The summed E-state index contributed by atoms with van der Waals surface area (Å²) in [7, 11) is -1.81. The maximum atomic E-state index is 11.4. The van der Waals surface area contributed by atoms with Crippen LogP contribution in [-0.4, -0.2) is 42.6 Å². The zero-order chi connectivity index (χ0) is 23.2. The highest BCUT2D eigenvalue weighted by molar-refractivity contribution is 7.47. The molecular weight excluding hydrogens is 423 g/mol. The molecule has 32 heavy (non-hydrogen) atoms. The second-order valence-corrected chi connectivity index (χ2v) is 10.9. The van der Waals surface area contributed by atoms with Gasteiger partial charge >= 0.3 is 7.82 Å². The highest BCUT2D eigenvalue weighted by atomic mass is 31.2. The van der Waals surface area contributed by atoms with E-state index in [2.05, 4.69) is 54.5 Å². The average molecular weight is 461 g/mol. The number of hydrogen-bond donors (Lipinski definition) is 2. The summed E-state index contributed by atoms with van der Waals surface area (Å²) in [6.07, 6.45) is 0.886. The van der Waals surface area contributed by atoms with Crippen LogP contribution < -0.4 is 5.32 Å². The molecule has 2 heterocycles. The lowest BCUT2D eigenvalue weighted by Crippen LogP contribution is -2.48. The van der Waals surface area contributed by atoms with Gasteiger partial charge in [0.05, 0.1) is 6.61 Å². The second-order valence-electron chi connectivity index (χ2n) is 9.51. The Morgan fingerprint density at radius 3 is 2.38 bits per heavy atom. The van der Waals surface area contributed by atoms with Crippen LogP contribution in [0, 0.1) is 11.3 Å². The molecule has 0 aromatic heterocycles. The molecule has 0 amide bonds. The van der Waals surface area contributed by atoms with Gasteiger partial charge in [0.2, 0.25) is 0 Å². The standard InChI is InChI=1S/C14H22N2.C11H15O4P/c1-12-8-9-16(11-14(12)15-2)10-13-6-4-3-5-7-13;1-11(2)8-14-16(12,13)15-10(11)9-6-4-3-5-7-9/h3-7,12,14-15H,8-11H2,1-2H3;3-7,10H,8H2,1-2H3,(H,12,13). The Kier molecular flexibility index (Phi) is 8.68. The molecule has 176 valence electrons. The molecule has 2 saturated heterocycles. The van der Waals surface area contributed by atoms with Crippen LogP contribution in [0.5, 0.6) is 0 Å². The average Bonchev–Trinajstić information content (AvgIpc) is 2.79. The molecule has 0 saturated carbocycles. The smallest absolute Gasteiger partial charge is 0.315 e. The molecule has 4 atom stereocenters. The van der Waals surface area contributed by atoms with Crippen LogP contribution in [0.15, 0.2) is 60.7 Å². The monoisotopic (exact) mass is 460 g/mol. The molecule has 0 spiro atoms. The Balaban J connectivity index is 0.000000181. The Bertz CT molecular complexity index is 878. The third kappa shape index (κ3) is 6.98. The van der Waals surface area contributed by atoms with Gasteiger partial charge in [-0.1, -0.05) is 81.4 Å². The molecule has 4 rings (SSSR count). The lowest BCUT2D eigenvalue weighted by Gasteiger charge is -2.39. The van der Waals surface area contributed by atoms with E-state index in [0.29, 0.717) is 6.04 Å². The van der Waals surface area contributed by atoms with Crippen LogP contribution in [0.2, 0.25) is 0 Å². The van der Waals surface area contributed by atoms with Crippen molar-refractivity contribution in [2.75, 3.05) is 26.7 Å². The van der Waals surface area contributed by atoms with Gasteiger partial charge in [-0.25, -0.2) is 4.57 Å². The SMILES string of the molecule is CC1(C)COP(=O)(O)OC1c1ccccc1.CNC1CN(Cc2ccccc2)CCC1C. The van der Waals surface area contributed by atoms with E-state index in [9.17, 15) is 9.46 Å². The largest absolute Gasteiger partial charge is 0.472 e. The molecule has 0 bridgehead atoms. The van der Waals surface area contributed by atoms with E-state index in [1.807, 2.05) is 44.2 Å². The fraction of sp³-hybridized carbons (Fsp3) is 0.520. The molecule has 2 aliphatic heterocycles. The van der Waals surface area contributed by atoms with E-state index in [1.54, 1.807) is 0 Å². The highest BCUT2D eigenvalue weighted by Gasteiger charge is 2.44. The number of rotatable bonds is 4. The highest BCUT2D eigenvalue weighted by Crippen LogP contribution is 2.57. The molecule has 7 heteroatoms. The summed E-state index contributed by atoms with van der Waals surface area (Å²) < 4.78 is 21.4. The zero-order valence-electron chi connectivity index (χ0n) is 19.6. The second kappa shape index (κ2) is 11.1. The van der Waals surface area contributed by atoms with Crippen LogP contribution in [0.1, 0.15) is 44.4 Å². The van der Waals surface area contributed by atoms with Crippen molar-refractivity contribution in [3.05, 3.63) is 71.8 Å². The quantitative estimate of drug-likeness (QED) is 0.625. The molecule has 2 aromatic rings. The van der Waals surface area contributed by atoms with Crippen molar-refractivity contribution >= 4 is 7.82 Å². The minimum Gasteiger partial charge on any atom is -0.315 e. The molecule has 0 radical (unpaired) electrons. The number of hydrogen-bond acceptors (Lipinski definition) is 5. The fourth-order valence-electron chi connectivity index (χ4n) is 4.27. The Morgan fingerprint density at radius 2 is 1.75 bits per heavy atom. The predicted octanol–water partition coefficient (Wildman–Crippen LogP) is 5.02. The van der Waals surface area contributed by atoms with Crippen LogP contribution in [0.25, 0.3) is 0 Å². The summed E-state index contributed by atoms with van der Waals surface area (Å²) in [4.78, 5) is 11.9.